The van der Waals surface area contributed by atoms with Gasteiger partial charge in [-0.15, -0.1) is 18.3 Å². The molecule has 7 heteroatoms. The first-order valence-electron chi connectivity index (χ1n) is 8.69. The summed E-state index contributed by atoms with van der Waals surface area (Å²) in [6.07, 6.45) is 8.28. The van der Waals surface area contributed by atoms with Gasteiger partial charge in [0.25, 0.3) is 0 Å². The van der Waals surface area contributed by atoms with E-state index in [0.29, 0.717) is 19.4 Å². The maximum absolute atomic E-state index is 11.9. The van der Waals surface area contributed by atoms with Gasteiger partial charge in [0, 0.05) is 18.3 Å². The second kappa shape index (κ2) is 10.5. The van der Waals surface area contributed by atoms with E-state index in [2.05, 4.69) is 34.2 Å². The van der Waals surface area contributed by atoms with E-state index in [4.69, 9.17) is 0 Å². The first kappa shape index (κ1) is 22.4. The van der Waals surface area contributed by atoms with E-state index in [1.807, 2.05) is 6.08 Å². The molecule has 0 aromatic heterocycles. The SMILES string of the molecule is C=CC(C/C=C1/C=CSC1)NC(O)CCCCNS(=O)(=O)C(C)(C)C. The molecule has 25 heavy (non-hydrogen) atoms. The second-order valence-corrected chi connectivity index (χ2v) is 10.6. The summed E-state index contributed by atoms with van der Waals surface area (Å²) in [6.45, 7) is 9.24. The number of hydrogen-bond acceptors (Lipinski definition) is 5. The molecule has 0 saturated heterocycles. The highest BCUT2D eigenvalue weighted by Gasteiger charge is 2.27. The van der Waals surface area contributed by atoms with Crippen LogP contribution in [0.4, 0.5) is 0 Å². The number of rotatable bonds is 11. The Hall–Kier alpha value is -0.600. The Morgan fingerprint density at radius 2 is 2.12 bits per heavy atom. The third kappa shape index (κ3) is 8.55. The van der Waals surface area contributed by atoms with Crippen LogP contribution in [0, 0.1) is 0 Å². The van der Waals surface area contributed by atoms with Gasteiger partial charge in [-0.2, -0.15) is 0 Å². The van der Waals surface area contributed by atoms with Crippen LogP contribution >= 0.6 is 11.8 Å². The summed E-state index contributed by atoms with van der Waals surface area (Å²) in [6, 6.07) is 0.0286. The minimum atomic E-state index is -3.29. The Labute approximate surface area is 157 Å². The van der Waals surface area contributed by atoms with Crippen LogP contribution < -0.4 is 10.0 Å². The Morgan fingerprint density at radius 3 is 2.68 bits per heavy atom. The van der Waals surface area contributed by atoms with E-state index in [0.717, 1.165) is 18.6 Å². The lowest BCUT2D eigenvalue weighted by Gasteiger charge is -2.20. The number of thioether (sulfide) groups is 1. The van der Waals surface area contributed by atoms with Crippen molar-refractivity contribution in [2.24, 2.45) is 0 Å². The fourth-order valence-corrected chi connectivity index (χ4v) is 3.80. The van der Waals surface area contributed by atoms with E-state index in [1.54, 1.807) is 32.5 Å². The molecule has 1 heterocycles. The quantitative estimate of drug-likeness (QED) is 0.288. The maximum atomic E-state index is 11.9. The molecule has 2 atom stereocenters. The van der Waals surface area contributed by atoms with Crippen molar-refractivity contribution in [3.05, 3.63) is 35.8 Å². The lowest BCUT2D eigenvalue weighted by Crippen LogP contribution is -2.40. The van der Waals surface area contributed by atoms with Crippen LogP contribution in [-0.2, 0) is 10.0 Å². The van der Waals surface area contributed by atoms with Gasteiger partial charge in [0.05, 0.1) is 4.75 Å². The molecule has 0 aromatic rings. The van der Waals surface area contributed by atoms with Crippen molar-refractivity contribution in [2.45, 2.75) is 63.5 Å². The first-order chi connectivity index (χ1) is 11.7. The van der Waals surface area contributed by atoms with Crippen molar-refractivity contribution in [2.75, 3.05) is 12.3 Å². The van der Waals surface area contributed by atoms with Crippen molar-refractivity contribution < 1.29 is 13.5 Å². The maximum Gasteiger partial charge on any atom is 0.216 e. The molecular weight excluding hydrogens is 356 g/mol. The molecule has 0 spiro atoms. The van der Waals surface area contributed by atoms with Crippen LogP contribution in [0.15, 0.2) is 35.8 Å². The minimum absolute atomic E-state index is 0.0286. The van der Waals surface area contributed by atoms with Gasteiger partial charge in [0.1, 0.15) is 6.23 Å². The summed E-state index contributed by atoms with van der Waals surface area (Å²) in [5, 5.41) is 15.3. The number of unbranched alkanes of at least 4 members (excludes halogenated alkanes) is 1. The molecule has 0 saturated carbocycles. The molecule has 0 aromatic carbocycles. The highest BCUT2D eigenvalue weighted by Crippen LogP contribution is 2.20. The number of allylic oxidation sites excluding steroid dienone is 1. The Balaban J connectivity index is 2.23. The fraction of sp³-hybridized carbons (Fsp3) is 0.667. The van der Waals surface area contributed by atoms with Gasteiger partial charge < -0.3 is 5.11 Å². The molecule has 0 bridgehead atoms. The van der Waals surface area contributed by atoms with Crippen LogP contribution in [0.5, 0.6) is 0 Å². The predicted molar refractivity (Wildman–Crippen MR) is 108 cm³/mol. The zero-order chi connectivity index (χ0) is 18.9. The molecule has 1 aliphatic rings. The van der Waals surface area contributed by atoms with Crippen LogP contribution in [-0.4, -0.2) is 42.8 Å². The van der Waals surface area contributed by atoms with Crippen molar-refractivity contribution >= 4 is 21.8 Å². The monoisotopic (exact) mass is 388 g/mol. The van der Waals surface area contributed by atoms with Crippen molar-refractivity contribution in [3.8, 4) is 0 Å². The van der Waals surface area contributed by atoms with Crippen molar-refractivity contribution in [3.63, 3.8) is 0 Å². The largest absolute Gasteiger partial charge is 0.379 e. The normalized spacial score (nSPS) is 19.3. The molecule has 0 aliphatic carbocycles. The highest BCUT2D eigenvalue weighted by molar-refractivity contribution is 8.02. The standard InChI is InChI=1S/C18H32N2O3S2/c1-5-16(10-9-15-11-13-24-14-15)20-17(21)8-6-7-12-19-25(22,23)18(2,3)4/h5,9,11,13,16-17,19-21H,1,6-8,10,12,14H2,2-4H3/b15-9-. The van der Waals surface area contributed by atoms with Gasteiger partial charge >= 0.3 is 0 Å². The van der Waals surface area contributed by atoms with Gasteiger partial charge in [-0.1, -0.05) is 18.2 Å². The zero-order valence-electron chi connectivity index (χ0n) is 15.5. The van der Waals surface area contributed by atoms with Crippen LogP contribution in [0.25, 0.3) is 0 Å². The van der Waals surface area contributed by atoms with E-state index in [-0.39, 0.29) is 6.04 Å². The topological polar surface area (TPSA) is 78.4 Å². The lowest BCUT2D eigenvalue weighted by atomic mass is 10.1. The third-order valence-corrected chi connectivity index (χ3v) is 6.98. The molecule has 5 nitrogen and oxygen atoms in total. The fourth-order valence-electron chi connectivity index (χ4n) is 2.18. The summed E-state index contributed by atoms with van der Waals surface area (Å²) in [5.74, 6) is 1.01. The summed E-state index contributed by atoms with van der Waals surface area (Å²) in [7, 11) is -3.29. The Kier molecular flexibility index (Phi) is 9.45. The summed E-state index contributed by atoms with van der Waals surface area (Å²) in [4.78, 5) is 0. The van der Waals surface area contributed by atoms with Crippen molar-refractivity contribution in [1.29, 1.82) is 0 Å². The lowest BCUT2D eigenvalue weighted by molar-refractivity contribution is 0.117. The van der Waals surface area contributed by atoms with Gasteiger partial charge in [-0.3, -0.25) is 5.32 Å². The molecule has 2 unspecified atom stereocenters. The van der Waals surface area contributed by atoms with E-state index in [1.165, 1.54) is 5.57 Å². The van der Waals surface area contributed by atoms with Crippen LogP contribution in [0.2, 0.25) is 0 Å². The van der Waals surface area contributed by atoms with Gasteiger partial charge in [0.15, 0.2) is 0 Å². The van der Waals surface area contributed by atoms with Crippen LogP contribution in [0.1, 0.15) is 46.5 Å². The van der Waals surface area contributed by atoms with Crippen LogP contribution in [0.3, 0.4) is 0 Å². The molecule has 0 fully saturated rings. The molecule has 0 amide bonds. The summed E-state index contributed by atoms with van der Waals surface area (Å²) >= 11 is 1.78. The summed E-state index contributed by atoms with van der Waals surface area (Å²) < 4.78 is 25.7. The second-order valence-electron chi connectivity index (χ2n) is 7.16. The molecule has 0 radical (unpaired) electrons. The number of hydrogen-bond donors (Lipinski definition) is 3. The van der Waals surface area contributed by atoms with Gasteiger partial charge in [0.2, 0.25) is 10.0 Å². The van der Waals surface area contributed by atoms with Gasteiger partial charge in [-0.05, 0) is 57.4 Å². The predicted octanol–water partition coefficient (Wildman–Crippen LogP) is 2.91. The van der Waals surface area contributed by atoms with Gasteiger partial charge in [-0.25, -0.2) is 13.1 Å². The molecule has 3 N–H and O–H groups in total. The average Bonchev–Trinajstić information content (AvgIpc) is 3.03. The Morgan fingerprint density at radius 1 is 1.40 bits per heavy atom. The number of aliphatic hydroxyl groups is 1. The van der Waals surface area contributed by atoms with E-state index >= 15 is 0 Å². The van der Waals surface area contributed by atoms with Crippen molar-refractivity contribution in [1.82, 2.24) is 10.0 Å². The molecular formula is C18H32N2O3S2. The minimum Gasteiger partial charge on any atom is -0.379 e. The molecule has 1 rings (SSSR count). The van der Waals surface area contributed by atoms with E-state index < -0.39 is 21.0 Å². The smallest absolute Gasteiger partial charge is 0.216 e. The third-order valence-electron chi connectivity index (χ3n) is 3.96. The molecule has 1 aliphatic heterocycles. The highest BCUT2D eigenvalue weighted by atomic mass is 32.2. The average molecular weight is 389 g/mol. The van der Waals surface area contributed by atoms with E-state index in [9.17, 15) is 13.5 Å². The zero-order valence-corrected chi connectivity index (χ0v) is 17.1. The Bertz CT molecular complexity index is 578. The summed E-state index contributed by atoms with van der Waals surface area (Å²) in [5.41, 5.74) is 1.30. The number of sulfonamides is 1. The molecule has 144 valence electrons. The number of nitrogens with one attached hydrogen (secondary N) is 2. The first-order valence-corrected chi connectivity index (χ1v) is 11.2. The number of aliphatic hydroxyl groups excluding tert-OH is 1.